The van der Waals surface area contributed by atoms with Crippen LogP contribution in [-0.2, 0) is 4.79 Å². The van der Waals surface area contributed by atoms with E-state index in [9.17, 15) is 10.1 Å². The van der Waals surface area contributed by atoms with Crippen molar-refractivity contribution in [2.45, 2.75) is 76.7 Å². The van der Waals surface area contributed by atoms with Crippen LogP contribution in [-0.4, -0.2) is 11.9 Å². The van der Waals surface area contributed by atoms with Crippen LogP contribution in [0.4, 0.5) is 11.4 Å². The first-order chi connectivity index (χ1) is 13.2. The molecular formula is C22H32N4O. The Labute approximate surface area is 163 Å². The molecule has 0 saturated heterocycles. The maximum absolute atomic E-state index is 12.3. The normalized spacial score (nSPS) is 17.8. The number of nitrogen functional groups attached to an aromatic ring is 1. The Hall–Kier alpha value is -2.48. The maximum atomic E-state index is 12.3. The molecule has 1 aliphatic rings. The Morgan fingerprint density at radius 2 is 1.48 bits per heavy atom. The summed E-state index contributed by atoms with van der Waals surface area (Å²) in [5.74, 6) is -0.400. The van der Waals surface area contributed by atoms with Gasteiger partial charge in [0.1, 0.15) is 11.6 Å². The Kier molecular flexibility index (Phi) is 9.26. The summed E-state index contributed by atoms with van der Waals surface area (Å²) in [6.45, 7) is 0. The zero-order valence-corrected chi connectivity index (χ0v) is 16.2. The average Bonchev–Trinajstić information content (AvgIpc) is 2.66. The number of carbonyl (C=O) groups excluding carboxylic acids is 1. The fraction of sp³-hybridized carbons (Fsp3) is 0.545. The van der Waals surface area contributed by atoms with E-state index in [1.807, 2.05) is 6.07 Å². The molecule has 0 bridgehead atoms. The van der Waals surface area contributed by atoms with Gasteiger partial charge in [-0.25, -0.2) is 0 Å². The number of anilines is 2. The summed E-state index contributed by atoms with van der Waals surface area (Å²) in [4.78, 5) is 12.3. The fourth-order valence-corrected chi connectivity index (χ4v) is 3.44. The Balaban J connectivity index is 1.90. The number of rotatable bonds is 4. The smallest absolute Gasteiger partial charge is 0.267 e. The molecule has 146 valence electrons. The van der Waals surface area contributed by atoms with E-state index in [1.165, 1.54) is 57.8 Å². The first kappa shape index (κ1) is 20.8. The summed E-state index contributed by atoms with van der Waals surface area (Å²) < 4.78 is 0. The van der Waals surface area contributed by atoms with Crippen LogP contribution in [0, 0.1) is 11.3 Å². The Bertz CT molecular complexity index is 633. The molecule has 1 aromatic carbocycles. The summed E-state index contributed by atoms with van der Waals surface area (Å²) in [7, 11) is 0. The standard InChI is InChI=1S/C22H32N4O/c23-16-18(22(27)26-21-14-12-19(24)13-15-21)17-25-20-10-8-6-4-2-1-3-5-7-9-11-20/h12-15,17,20,25H,1-11,24H2,(H,26,27)/b18-17-. The number of hydrogen-bond donors (Lipinski definition) is 3. The predicted octanol–water partition coefficient (Wildman–Crippen LogP) is 4.88. The minimum absolute atomic E-state index is 0.0953. The van der Waals surface area contributed by atoms with Crippen LogP contribution in [0.2, 0.25) is 0 Å². The largest absolute Gasteiger partial charge is 0.399 e. The van der Waals surface area contributed by atoms with Gasteiger partial charge in [-0.05, 0) is 37.1 Å². The molecular weight excluding hydrogens is 336 g/mol. The van der Waals surface area contributed by atoms with Gasteiger partial charge in [0.2, 0.25) is 0 Å². The van der Waals surface area contributed by atoms with E-state index in [1.54, 1.807) is 30.5 Å². The minimum atomic E-state index is -0.400. The summed E-state index contributed by atoms with van der Waals surface area (Å²) >= 11 is 0. The van der Waals surface area contributed by atoms with E-state index in [2.05, 4.69) is 10.6 Å². The summed E-state index contributed by atoms with van der Waals surface area (Å²) in [6, 6.07) is 9.22. The van der Waals surface area contributed by atoms with E-state index < -0.39 is 5.91 Å². The second-order valence-corrected chi connectivity index (χ2v) is 7.37. The van der Waals surface area contributed by atoms with Gasteiger partial charge >= 0.3 is 0 Å². The molecule has 0 spiro atoms. The number of benzene rings is 1. The number of nitrogens with two attached hydrogens (primary N) is 1. The molecule has 0 radical (unpaired) electrons. The highest BCUT2D eigenvalue weighted by Crippen LogP contribution is 2.17. The first-order valence-electron chi connectivity index (χ1n) is 10.2. The fourth-order valence-electron chi connectivity index (χ4n) is 3.44. The van der Waals surface area contributed by atoms with E-state index in [-0.39, 0.29) is 5.57 Å². The predicted molar refractivity (Wildman–Crippen MR) is 111 cm³/mol. The topological polar surface area (TPSA) is 90.9 Å². The minimum Gasteiger partial charge on any atom is -0.399 e. The summed E-state index contributed by atoms with van der Waals surface area (Å²) in [5, 5.41) is 15.4. The lowest BCUT2D eigenvalue weighted by Crippen LogP contribution is -2.26. The van der Waals surface area contributed by atoms with Gasteiger partial charge in [-0.2, -0.15) is 5.26 Å². The van der Waals surface area contributed by atoms with Crippen LogP contribution in [0.25, 0.3) is 0 Å². The zero-order chi connectivity index (χ0) is 19.3. The lowest BCUT2D eigenvalue weighted by molar-refractivity contribution is -0.112. The summed E-state index contributed by atoms with van der Waals surface area (Å²) in [6.07, 6.45) is 15.4. The molecule has 0 unspecified atom stereocenters. The molecule has 0 aromatic heterocycles. The molecule has 27 heavy (non-hydrogen) atoms. The van der Waals surface area contributed by atoms with Crippen LogP contribution < -0.4 is 16.4 Å². The van der Waals surface area contributed by atoms with Gasteiger partial charge < -0.3 is 16.4 Å². The highest BCUT2D eigenvalue weighted by molar-refractivity contribution is 6.06. The Morgan fingerprint density at radius 3 is 2.00 bits per heavy atom. The highest BCUT2D eigenvalue weighted by Gasteiger charge is 2.12. The van der Waals surface area contributed by atoms with Crippen LogP contribution in [0.15, 0.2) is 36.0 Å². The van der Waals surface area contributed by atoms with E-state index in [0.29, 0.717) is 17.4 Å². The molecule has 2 rings (SSSR count). The zero-order valence-electron chi connectivity index (χ0n) is 16.2. The molecule has 1 saturated carbocycles. The summed E-state index contributed by atoms with van der Waals surface area (Å²) in [5.41, 5.74) is 7.00. The van der Waals surface area contributed by atoms with Gasteiger partial charge in [0.25, 0.3) is 5.91 Å². The van der Waals surface area contributed by atoms with Crippen molar-refractivity contribution in [2.24, 2.45) is 0 Å². The second-order valence-electron chi connectivity index (χ2n) is 7.37. The third-order valence-corrected chi connectivity index (χ3v) is 5.10. The van der Waals surface area contributed by atoms with Crippen molar-refractivity contribution < 1.29 is 4.79 Å². The van der Waals surface area contributed by atoms with Crippen molar-refractivity contribution in [1.82, 2.24) is 5.32 Å². The lowest BCUT2D eigenvalue weighted by atomic mass is 9.98. The second kappa shape index (κ2) is 12.0. The molecule has 0 atom stereocenters. The van der Waals surface area contributed by atoms with Gasteiger partial charge in [0.05, 0.1) is 0 Å². The van der Waals surface area contributed by atoms with E-state index in [0.717, 1.165) is 12.8 Å². The average molecular weight is 369 g/mol. The van der Waals surface area contributed by atoms with Crippen molar-refractivity contribution in [3.8, 4) is 6.07 Å². The van der Waals surface area contributed by atoms with E-state index in [4.69, 9.17) is 5.73 Å². The number of nitrogens with zero attached hydrogens (tertiary/aromatic N) is 1. The van der Waals surface area contributed by atoms with Crippen molar-refractivity contribution in [2.75, 3.05) is 11.1 Å². The van der Waals surface area contributed by atoms with Crippen LogP contribution in [0.1, 0.15) is 70.6 Å². The molecule has 1 fully saturated rings. The highest BCUT2D eigenvalue weighted by atomic mass is 16.1. The van der Waals surface area contributed by atoms with Gasteiger partial charge in [-0.1, -0.05) is 57.8 Å². The number of nitrogens with one attached hydrogen (secondary N) is 2. The monoisotopic (exact) mass is 368 g/mol. The first-order valence-corrected chi connectivity index (χ1v) is 10.2. The van der Waals surface area contributed by atoms with Crippen LogP contribution in [0.5, 0.6) is 0 Å². The molecule has 1 aromatic rings. The maximum Gasteiger partial charge on any atom is 0.267 e. The number of amides is 1. The van der Waals surface area contributed by atoms with Crippen molar-refractivity contribution >= 4 is 17.3 Å². The molecule has 4 N–H and O–H groups in total. The third-order valence-electron chi connectivity index (χ3n) is 5.10. The van der Waals surface area contributed by atoms with Crippen LogP contribution in [0.3, 0.4) is 0 Å². The third kappa shape index (κ3) is 8.17. The van der Waals surface area contributed by atoms with Gasteiger partial charge in [0, 0.05) is 23.6 Å². The molecule has 1 amide bonds. The molecule has 0 heterocycles. The van der Waals surface area contributed by atoms with E-state index >= 15 is 0 Å². The number of carbonyl (C=O) groups is 1. The van der Waals surface area contributed by atoms with Crippen molar-refractivity contribution in [3.63, 3.8) is 0 Å². The Morgan fingerprint density at radius 1 is 0.963 bits per heavy atom. The van der Waals surface area contributed by atoms with Gasteiger partial charge in [-0.3, -0.25) is 4.79 Å². The SMILES string of the molecule is N#C/C(=C/NC1CCCCCCCCCCC1)C(=O)Nc1ccc(N)cc1. The van der Waals surface area contributed by atoms with Gasteiger partial charge in [-0.15, -0.1) is 0 Å². The number of hydrogen-bond acceptors (Lipinski definition) is 4. The number of nitriles is 1. The quantitative estimate of drug-likeness (QED) is 0.401. The molecule has 5 heteroatoms. The van der Waals surface area contributed by atoms with Gasteiger partial charge in [0.15, 0.2) is 0 Å². The van der Waals surface area contributed by atoms with Crippen molar-refractivity contribution in [3.05, 3.63) is 36.0 Å². The van der Waals surface area contributed by atoms with Crippen molar-refractivity contribution in [1.29, 1.82) is 5.26 Å². The molecule has 1 aliphatic carbocycles. The lowest BCUT2D eigenvalue weighted by Gasteiger charge is -2.18. The molecule has 0 aliphatic heterocycles. The molecule has 5 nitrogen and oxygen atoms in total. The van der Waals surface area contributed by atoms with Crippen LogP contribution >= 0.6 is 0 Å².